The Hall–Kier alpha value is -2.45. The minimum absolute atomic E-state index is 0.00430. The van der Waals surface area contributed by atoms with Gasteiger partial charge in [0, 0.05) is 24.3 Å². The fourth-order valence-electron chi connectivity index (χ4n) is 4.19. The number of hydrogen-bond acceptors (Lipinski definition) is 5. The van der Waals surface area contributed by atoms with E-state index in [0.29, 0.717) is 28.6 Å². The van der Waals surface area contributed by atoms with Gasteiger partial charge in [0.15, 0.2) is 0 Å². The number of fused-ring (bicyclic) bond motifs is 1. The van der Waals surface area contributed by atoms with Gasteiger partial charge in [-0.25, -0.2) is 13.4 Å². The highest BCUT2D eigenvalue weighted by Gasteiger charge is 2.24. The van der Waals surface area contributed by atoms with Crippen LogP contribution in [-0.4, -0.2) is 37.3 Å². The van der Waals surface area contributed by atoms with Gasteiger partial charge in [-0.1, -0.05) is 19.9 Å². The molecule has 3 aromatic rings. The first-order valence-electron chi connectivity index (χ1n) is 10.6. The number of para-hydroxylation sites is 1. The fourth-order valence-corrected chi connectivity index (χ4v) is 6.19. The van der Waals surface area contributed by atoms with E-state index in [0.717, 1.165) is 30.6 Å². The van der Waals surface area contributed by atoms with Crippen molar-refractivity contribution in [3.63, 3.8) is 0 Å². The highest BCUT2D eigenvalue weighted by Crippen LogP contribution is 2.27. The summed E-state index contributed by atoms with van der Waals surface area (Å²) in [5.74, 6) is 1.39. The lowest BCUT2D eigenvalue weighted by atomic mass is 9.88. The van der Waals surface area contributed by atoms with E-state index < -0.39 is 10.0 Å². The number of nitrogens with zero attached hydrogens (tertiary/aromatic N) is 2. The molecule has 0 atom stereocenters. The Balaban J connectivity index is 1.43. The lowest BCUT2D eigenvalue weighted by Gasteiger charge is -2.32. The Morgan fingerprint density at radius 1 is 1.16 bits per heavy atom. The van der Waals surface area contributed by atoms with E-state index >= 15 is 0 Å². The molecule has 1 saturated heterocycles. The van der Waals surface area contributed by atoms with Gasteiger partial charge in [0.05, 0.1) is 10.2 Å². The maximum Gasteiger partial charge on any atom is 0.264 e. The molecule has 0 aliphatic carbocycles. The molecular formula is C23H27N3O3S2. The molecule has 2 heterocycles. The number of aromatic nitrogens is 1. The minimum atomic E-state index is -3.78. The van der Waals surface area contributed by atoms with Crippen LogP contribution in [0.1, 0.15) is 43.5 Å². The topological polar surface area (TPSA) is 79.4 Å². The van der Waals surface area contributed by atoms with Crippen molar-refractivity contribution in [1.82, 2.24) is 9.88 Å². The Kier molecular flexibility index (Phi) is 6.29. The van der Waals surface area contributed by atoms with E-state index in [2.05, 4.69) is 23.6 Å². The highest BCUT2D eigenvalue weighted by molar-refractivity contribution is 7.93. The molecule has 1 aromatic heterocycles. The standard InChI is InChI=1S/C23H27N3O3S2/c1-16(2)14-17-10-12-26(13-11-17)23(27)18-6-8-19(9-7-18)25-31(28,29)21-5-3-4-20-22(21)24-15-30-20/h3-9,15-17,25H,10-14H2,1-2H3. The van der Waals surface area contributed by atoms with Crippen LogP contribution in [0.5, 0.6) is 0 Å². The van der Waals surface area contributed by atoms with Crippen LogP contribution in [0.25, 0.3) is 10.2 Å². The van der Waals surface area contributed by atoms with Crippen LogP contribution in [0.2, 0.25) is 0 Å². The van der Waals surface area contributed by atoms with Gasteiger partial charge in [-0.05, 0) is 67.5 Å². The number of amides is 1. The number of thiazole rings is 1. The van der Waals surface area contributed by atoms with Gasteiger partial charge >= 0.3 is 0 Å². The Morgan fingerprint density at radius 2 is 1.87 bits per heavy atom. The normalized spacial score (nSPS) is 15.5. The molecule has 4 rings (SSSR count). The maximum absolute atomic E-state index is 12.9. The summed E-state index contributed by atoms with van der Waals surface area (Å²) >= 11 is 1.40. The maximum atomic E-state index is 12.9. The first kappa shape index (κ1) is 21.8. The number of hydrogen-bond donors (Lipinski definition) is 1. The Labute approximate surface area is 187 Å². The quantitative estimate of drug-likeness (QED) is 0.565. The van der Waals surface area contributed by atoms with Crippen molar-refractivity contribution in [2.45, 2.75) is 38.0 Å². The van der Waals surface area contributed by atoms with E-state index in [9.17, 15) is 13.2 Å². The van der Waals surface area contributed by atoms with Gasteiger partial charge in [0.25, 0.3) is 15.9 Å². The summed E-state index contributed by atoms with van der Waals surface area (Å²) in [6.45, 7) is 6.04. The lowest BCUT2D eigenvalue weighted by molar-refractivity contribution is 0.0681. The van der Waals surface area contributed by atoms with Gasteiger partial charge in [-0.2, -0.15) is 0 Å². The largest absolute Gasteiger partial charge is 0.339 e. The van der Waals surface area contributed by atoms with Crippen LogP contribution in [0.15, 0.2) is 52.9 Å². The van der Waals surface area contributed by atoms with Crippen LogP contribution < -0.4 is 4.72 Å². The van der Waals surface area contributed by atoms with Crippen molar-refractivity contribution in [1.29, 1.82) is 0 Å². The summed E-state index contributed by atoms with van der Waals surface area (Å²) in [5.41, 5.74) is 3.09. The number of likely N-dealkylation sites (tertiary alicyclic amines) is 1. The first-order valence-corrected chi connectivity index (χ1v) is 12.9. The van der Waals surface area contributed by atoms with Gasteiger partial charge < -0.3 is 4.90 Å². The molecule has 8 heteroatoms. The molecule has 31 heavy (non-hydrogen) atoms. The zero-order valence-electron chi connectivity index (χ0n) is 17.7. The number of rotatable bonds is 6. The Morgan fingerprint density at radius 3 is 2.55 bits per heavy atom. The smallest absolute Gasteiger partial charge is 0.264 e. The molecule has 1 fully saturated rings. The lowest BCUT2D eigenvalue weighted by Crippen LogP contribution is -2.38. The van der Waals surface area contributed by atoms with Crippen LogP contribution >= 0.6 is 11.3 Å². The molecule has 1 aliphatic rings. The van der Waals surface area contributed by atoms with Crippen molar-refractivity contribution < 1.29 is 13.2 Å². The van der Waals surface area contributed by atoms with Crippen molar-refractivity contribution >= 4 is 43.2 Å². The molecule has 0 unspecified atom stereocenters. The van der Waals surface area contributed by atoms with Crippen molar-refractivity contribution in [3.05, 3.63) is 53.5 Å². The van der Waals surface area contributed by atoms with Crippen LogP contribution in [0, 0.1) is 11.8 Å². The molecule has 1 aliphatic heterocycles. The number of carbonyl (C=O) groups is 1. The molecule has 0 bridgehead atoms. The zero-order valence-corrected chi connectivity index (χ0v) is 19.4. The van der Waals surface area contributed by atoms with Crippen molar-refractivity contribution in [2.75, 3.05) is 17.8 Å². The summed E-state index contributed by atoms with van der Waals surface area (Å²) < 4.78 is 29.1. The van der Waals surface area contributed by atoms with Crippen LogP contribution in [0.4, 0.5) is 5.69 Å². The third kappa shape index (κ3) is 4.91. The second-order valence-electron chi connectivity index (χ2n) is 8.50. The highest BCUT2D eigenvalue weighted by atomic mass is 32.2. The number of nitrogens with one attached hydrogen (secondary N) is 1. The molecule has 0 spiro atoms. The molecule has 164 valence electrons. The van der Waals surface area contributed by atoms with E-state index in [1.165, 1.54) is 17.8 Å². The van der Waals surface area contributed by atoms with E-state index in [1.807, 2.05) is 11.0 Å². The average Bonchev–Trinajstić information content (AvgIpc) is 3.22. The summed E-state index contributed by atoms with van der Waals surface area (Å²) in [5, 5.41) is 0. The van der Waals surface area contributed by atoms with Crippen LogP contribution in [0.3, 0.4) is 0 Å². The number of sulfonamides is 1. The molecule has 0 saturated carbocycles. The van der Waals surface area contributed by atoms with Gasteiger partial charge in [-0.15, -0.1) is 11.3 Å². The number of piperidine rings is 1. The third-order valence-corrected chi connectivity index (χ3v) is 7.91. The predicted molar refractivity (Wildman–Crippen MR) is 125 cm³/mol. The van der Waals surface area contributed by atoms with Gasteiger partial charge in [-0.3, -0.25) is 9.52 Å². The summed E-state index contributed by atoms with van der Waals surface area (Å²) in [4.78, 5) is 19.1. The van der Waals surface area contributed by atoms with Gasteiger partial charge in [0.1, 0.15) is 10.4 Å². The summed E-state index contributed by atoms with van der Waals surface area (Å²) in [6.07, 6.45) is 3.30. The second kappa shape index (κ2) is 8.96. The monoisotopic (exact) mass is 457 g/mol. The van der Waals surface area contributed by atoms with Crippen molar-refractivity contribution in [2.24, 2.45) is 11.8 Å². The van der Waals surface area contributed by atoms with E-state index in [1.54, 1.807) is 41.9 Å². The molecule has 1 amide bonds. The summed E-state index contributed by atoms with van der Waals surface area (Å²) in [7, 11) is -3.78. The number of anilines is 1. The summed E-state index contributed by atoms with van der Waals surface area (Å²) in [6, 6.07) is 11.7. The Bertz CT molecular complexity index is 1160. The van der Waals surface area contributed by atoms with Gasteiger partial charge in [0.2, 0.25) is 0 Å². The van der Waals surface area contributed by atoms with Crippen molar-refractivity contribution in [3.8, 4) is 0 Å². The zero-order chi connectivity index (χ0) is 22.0. The SMILES string of the molecule is CC(C)CC1CCN(C(=O)c2ccc(NS(=O)(=O)c3cccc4scnc34)cc2)CC1. The second-order valence-corrected chi connectivity index (χ2v) is 11.0. The number of benzene rings is 2. The average molecular weight is 458 g/mol. The fraction of sp³-hybridized carbons (Fsp3) is 0.391. The van der Waals surface area contributed by atoms with E-state index in [4.69, 9.17) is 0 Å². The molecule has 1 N–H and O–H groups in total. The first-order chi connectivity index (χ1) is 14.8. The molecule has 0 radical (unpaired) electrons. The molecular weight excluding hydrogens is 430 g/mol. The third-order valence-electron chi connectivity index (χ3n) is 5.70. The minimum Gasteiger partial charge on any atom is -0.339 e. The van der Waals surface area contributed by atoms with Crippen LogP contribution in [-0.2, 0) is 10.0 Å². The van der Waals surface area contributed by atoms with E-state index in [-0.39, 0.29) is 10.8 Å². The molecule has 2 aromatic carbocycles. The predicted octanol–water partition coefficient (Wildman–Crippen LogP) is 5.00. The number of carbonyl (C=O) groups excluding carboxylic acids is 1. The molecule has 6 nitrogen and oxygen atoms in total.